The predicted molar refractivity (Wildman–Crippen MR) is 120 cm³/mol. The average molecular weight is 399 g/mol. The van der Waals surface area contributed by atoms with Gasteiger partial charge in [-0.1, -0.05) is 25.5 Å². The monoisotopic (exact) mass is 398 g/mol. The molecule has 0 aliphatic carbocycles. The van der Waals surface area contributed by atoms with Crippen LogP contribution in [0.2, 0.25) is 0 Å². The van der Waals surface area contributed by atoms with Crippen molar-refractivity contribution in [3.05, 3.63) is 30.1 Å². The van der Waals surface area contributed by atoms with E-state index >= 15 is 0 Å². The molecule has 0 spiro atoms. The molecule has 0 N–H and O–H groups in total. The quantitative estimate of drug-likeness (QED) is 0.637. The molecule has 0 unspecified atom stereocenters. The van der Waals surface area contributed by atoms with Gasteiger partial charge in [0.05, 0.1) is 23.5 Å². The minimum Gasteiger partial charge on any atom is -0.340 e. The standard InChI is InChI=1S/C24H38N4O/c1-6-7-15-27(18(2)3)24(29)20-11-10-14-26(16-20)17-23-25-21-12-8-9-13-22(21)28(23)19(4)5/h8-9,12-13,18-20H,6-7,10-11,14-17H2,1-5H3/t20-/m0/s1. The number of aromatic nitrogens is 2. The molecule has 1 atom stereocenters. The van der Waals surface area contributed by atoms with E-state index in [1.165, 1.54) is 5.52 Å². The lowest BCUT2D eigenvalue weighted by atomic mass is 9.95. The van der Waals surface area contributed by atoms with Crippen LogP contribution in [0.25, 0.3) is 11.0 Å². The van der Waals surface area contributed by atoms with Crippen LogP contribution in [0, 0.1) is 5.92 Å². The van der Waals surface area contributed by atoms with E-state index in [1.807, 2.05) is 0 Å². The Labute approximate surface area is 176 Å². The number of piperidine rings is 1. The summed E-state index contributed by atoms with van der Waals surface area (Å²) in [5.74, 6) is 1.57. The van der Waals surface area contributed by atoms with Crippen molar-refractivity contribution in [2.45, 2.75) is 78.9 Å². The summed E-state index contributed by atoms with van der Waals surface area (Å²) in [4.78, 5) is 22.7. The second-order valence-electron chi connectivity index (χ2n) is 9.03. The Kier molecular flexibility index (Phi) is 7.33. The number of likely N-dealkylation sites (tertiary alicyclic amines) is 1. The highest BCUT2D eigenvalue weighted by Gasteiger charge is 2.31. The van der Waals surface area contributed by atoms with Gasteiger partial charge in [0.2, 0.25) is 5.91 Å². The second kappa shape index (κ2) is 9.75. The van der Waals surface area contributed by atoms with E-state index in [1.54, 1.807) is 0 Å². The largest absolute Gasteiger partial charge is 0.340 e. The number of hydrogen-bond acceptors (Lipinski definition) is 3. The summed E-state index contributed by atoms with van der Waals surface area (Å²) >= 11 is 0. The molecule has 1 aliphatic rings. The molecule has 5 heteroatoms. The second-order valence-corrected chi connectivity index (χ2v) is 9.03. The Hall–Kier alpha value is -1.88. The van der Waals surface area contributed by atoms with Crippen LogP contribution in [0.3, 0.4) is 0 Å². The van der Waals surface area contributed by atoms with Crippen molar-refractivity contribution in [1.82, 2.24) is 19.4 Å². The molecular weight excluding hydrogens is 360 g/mol. The summed E-state index contributed by atoms with van der Waals surface area (Å²) in [5.41, 5.74) is 2.26. The summed E-state index contributed by atoms with van der Waals surface area (Å²) < 4.78 is 2.35. The van der Waals surface area contributed by atoms with E-state index < -0.39 is 0 Å². The Morgan fingerprint density at radius 3 is 2.69 bits per heavy atom. The van der Waals surface area contributed by atoms with Gasteiger partial charge in [-0.25, -0.2) is 4.98 Å². The first-order chi connectivity index (χ1) is 13.9. The highest BCUT2D eigenvalue weighted by molar-refractivity contribution is 5.79. The number of hydrogen-bond donors (Lipinski definition) is 0. The van der Waals surface area contributed by atoms with Gasteiger partial charge in [-0.2, -0.15) is 0 Å². The average Bonchev–Trinajstić information content (AvgIpc) is 3.06. The number of amides is 1. The van der Waals surface area contributed by atoms with Crippen LogP contribution in [0.5, 0.6) is 0 Å². The SMILES string of the molecule is CCCCN(C(=O)[C@H]1CCCN(Cc2nc3ccccc3n2C(C)C)C1)C(C)C. The molecule has 1 saturated heterocycles. The van der Waals surface area contributed by atoms with Crippen molar-refractivity contribution in [1.29, 1.82) is 0 Å². The van der Waals surface area contributed by atoms with Crippen molar-refractivity contribution in [3.63, 3.8) is 0 Å². The summed E-state index contributed by atoms with van der Waals surface area (Å²) in [6, 6.07) is 9.02. The van der Waals surface area contributed by atoms with Gasteiger partial charge in [-0.3, -0.25) is 9.69 Å². The van der Waals surface area contributed by atoms with Crippen LogP contribution in [0.1, 0.15) is 72.2 Å². The van der Waals surface area contributed by atoms with Crippen molar-refractivity contribution in [2.24, 2.45) is 5.92 Å². The molecule has 1 aromatic heterocycles. The maximum absolute atomic E-state index is 13.2. The molecule has 160 valence electrons. The molecule has 1 aromatic carbocycles. The highest BCUT2D eigenvalue weighted by atomic mass is 16.2. The van der Waals surface area contributed by atoms with E-state index in [9.17, 15) is 4.79 Å². The summed E-state index contributed by atoms with van der Waals surface area (Å²) in [6.07, 6.45) is 4.29. The molecule has 3 rings (SSSR count). The number of fused-ring (bicyclic) bond motifs is 1. The van der Waals surface area contributed by atoms with Crippen LogP contribution in [-0.4, -0.2) is 50.9 Å². The van der Waals surface area contributed by atoms with E-state index in [0.29, 0.717) is 11.9 Å². The van der Waals surface area contributed by atoms with Crippen molar-refractivity contribution in [2.75, 3.05) is 19.6 Å². The Bertz CT molecular complexity index is 810. The number of rotatable bonds is 8. The van der Waals surface area contributed by atoms with Crippen molar-refractivity contribution < 1.29 is 4.79 Å². The van der Waals surface area contributed by atoms with Crippen LogP contribution in [0.4, 0.5) is 0 Å². The summed E-state index contributed by atoms with van der Waals surface area (Å²) in [7, 11) is 0. The Morgan fingerprint density at radius 2 is 2.00 bits per heavy atom. The lowest BCUT2D eigenvalue weighted by Crippen LogP contribution is -2.47. The number of unbranched alkanes of at least 4 members (excludes halogenated alkanes) is 1. The van der Waals surface area contributed by atoms with Crippen LogP contribution >= 0.6 is 0 Å². The topological polar surface area (TPSA) is 41.4 Å². The fourth-order valence-electron chi connectivity index (χ4n) is 4.57. The fourth-order valence-corrected chi connectivity index (χ4v) is 4.57. The lowest BCUT2D eigenvalue weighted by molar-refractivity contribution is -0.139. The van der Waals surface area contributed by atoms with Gasteiger partial charge in [0.15, 0.2) is 0 Å². The summed E-state index contributed by atoms with van der Waals surface area (Å²) in [6.45, 7) is 14.5. The molecule has 0 radical (unpaired) electrons. The highest BCUT2D eigenvalue weighted by Crippen LogP contribution is 2.25. The summed E-state index contributed by atoms with van der Waals surface area (Å²) in [5, 5.41) is 0. The normalized spacial score (nSPS) is 18.1. The zero-order valence-corrected chi connectivity index (χ0v) is 18.9. The van der Waals surface area contributed by atoms with E-state index in [4.69, 9.17) is 4.98 Å². The molecule has 1 fully saturated rings. The Morgan fingerprint density at radius 1 is 1.24 bits per heavy atom. The number of nitrogens with zero attached hydrogens (tertiary/aromatic N) is 4. The number of benzene rings is 1. The molecule has 5 nitrogen and oxygen atoms in total. The third-order valence-electron chi connectivity index (χ3n) is 6.06. The number of carbonyl (C=O) groups excluding carboxylic acids is 1. The number of carbonyl (C=O) groups is 1. The molecular formula is C24H38N4O. The smallest absolute Gasteiger partial charge is 0.227 e. The first-order valence-corrected chi connectivity index (χ1v) is 11.4. The third kappa shape index (κ3) is 5.00. The van der Waals surface area contributed by atoms with E-state index in [0.717, 1.165) is 63.2 Å². The molecule has 1 aliphatic heterocycles. The zero-order valence-electron chi connectivity index (χ0n) is 18.9. The zero-order chi connectivity index (χ0) is 21.0. The maximum atomic E-state index is 13.2. The molecule has 1 amide bonds. The van der Waals surface area contributed by atoms with Gasteiger partial charge < -0.3 is 9.47 Å². The Balaban J connectivity index is 1.74. The van der Waals surface area contributed by atoms with Gasteiger partial charge in [0.25, 0.3) is 0 Å². The van der Waals surface area contributed by atoms with Crippen LogP contribution in [-0.2, 0) is 11.3 Å². The minimum atomic E-state index is 0.111. The van der Waals surface area contributed by atoms with Gasteiger partial charge in [0.1, 0.15) is 5.82 Å². The maximum Gasteiger partial charge on any atom is 0.227 e. The minimum absolute atomic E-state index is 0.111. The molecule has 0 saturated carbocycles. The first-order valence-electron chi connectivity index (χ1n) is 11.4. The molecule has 2 heterocycles. The van der Waals surface area contributed by atoms with Crippen LogP contribution < -0.4 is 0 Å². The fraction of sp³-hybridized carbons (Fsp3) is 0.667. The lowest BCUT2D eigenvalue weighted by Gasteiger charge is -2.36. The van der Waals surface area contributed by atoms with Crippen molar-refractivity contribution >= 4 is 16.9 Å². The van der Waals surface area contributed by atoms with Crippen LogP contribution in [0.15, 0.2) is 24.3 Å². The molecule has 0 bridgehead atoms. The third-order valence-corrected chi connectivity index (χ3v) is 6.06. The van der Waals surface area contributed by atoms with Gasteiger partial charge in [0, 0.05) is 25.2 Å². The predicted octanol–water partition coefficient (Wildman–Crippen LogP) is 4.87. The number of para-hydroxylation sites is 2. The van der Waals surface area contributed by atoms with Gasteiger partial charge >= 0.3 is 0 Å². The van der Waals surface area contributed by atoms with E-state index in [2.05, 4.69) is 73.3 Å². The van der Waals surface area contributed by atoms with Crippen molar-refractivity contribution in [3.8, 4) is 0 Å². The van der Waals surface area contributed by atoms with Gasteiger partial charge in [-0.05, 0) is 65.6 Å². The molecule has 2 aromatic rings. The molecule has 29 heavy (non-hydrogen) atoms. The van der Waals surface area contributed by atoms with E-state index in [-0.39, 0.29) is 12.0 Å². The van der Waals surface area contributed by atoms with Gasteiger partial charge in [-0.15, -0.1) is 0 Å². The first kappa shape index (κ1) is 21.8. The number of imidazole rings is 1.